The number of carbonyl (C=O) groups is 3. The van der Waals surface area contributed by atoms with Crippen LogP contribution in [0.1, 0.15) is 120 Å². The highest BCUT2D eigenvalue weighted by atomic mass is 35.5. The lowest BCUT2D eigenvalue weighted by Gasteiger charge is -2.70. The van der Waals surface area contributed by atoms with Crippen LogP contribution < -0.4 is 5.32 Å². The third-order valence-electron chi connectivity index (χ3n) is 14.5. The standard InChI is InChI=1S/C30H46O4.C10H12ClNO2/c1-25(2)21-8-11-30(7)23(28(21,5)10-9-22(25)32)20(31)16-18-19-17-27(4,24(33)34)13-12-26(19,3)14-15-29(18,30)6;1-7(2)14-10(13)12-9-5-3-4-8(11)6-9/h16,19,21-23,32H,8-15,17H2,1-7H3,(H,33,34);3-7H,1-2H3,(H,12,13). The quantitative estimate of drug-likeness (QED) is 0.292. The first-order valence-corrected chi connectivity index (χ1v) is 18.4. The molecule has 0 heterocycles. The lowest BCUT2D eigenvalue weighted by atomic mass is 9.33. The zero-order valence-corrected chi connectivity index (χ0v) is 31.3. The van der Waals surface area contributed by atoms with Gasteiger partial charge in [0.2, 0.25) is 0 Å². The predicted molar refractivity (Wildman–Crippen MR) is 190 cm³/mol. The van der Waals surface area contributed by atoms with Crippen molar-refractivity contribution in [3.05, 3.63) is 40.9 Å². The number of ketones is 1. The Balaban J connectivity index is 0.000000271. The van der Waals surface area contributed by atoms with Crippen LogP contribution in [0.2, 0.25) is 5.02 Å². The maximum Gasteiger partial charge on any atom is 0.411 e. The number of ether oxygens (including phenoxy) is 1. The molecule has 0 aliphatic heterocycles. The van der Waals surface area contributed by atoms with E-state index in [1.165, 1.54) is 5.57 Å². The van der Waals surface area contributed by atoms with Crippen molar-refractivity contribution in [2.75, 3.05) is 5.32 Å². The van der Waals surface area contributed by atoms with Crippen molar-refractivity contribution < 1.29 is 29.3 Å². The fourth-order valence-corrected chi connectivity index (χ4v) is 11.5. The molecule has 6 rings (SSSR count). The molecule has 1 aromatic rings. The predicted octanol–water partition coefficient (Wildman–Crippen LogP) is 9.71. The number of carboxylic acid groups (broad SMARTS) is 1. The zero-order valence-electron chi connectivity index (χ0n) is 30.5. The minimum atomic E-state index is -0.711. The monoisotopic (exact) mass is 683 g/mol. The van der Waals surface area contributed by atoms with Crippen molar-refractivity contribution in [3.63, 3.8) is 0 Å². The minimum absolute atomic E-state index is 0.0296. The van der Waals surface area contributed by atoms with Gasteiger partial charge in [0, 0.05) is 16.6 Å². The molecule has 266 valence electrons. The summed E-state index contributed by atoms with van der Waals surface area (Å²) in [5.74, 6) is 0.0603. The van der Waals surface area contributed by atoms with Gasteiger partial charge in [-0.15, -0.1) is 0 Å². The molecule has 0 bridgehead atoms. The second-order valence-corrected chi connectivity index (χ2v) is 18.5. The average Bonchev–Trinajstić information content (AvgIpc) is 2.97. The number of aliphatic hydroxyl groups is 1. The topological polar surface area (TPSA) is 113 Å². The minimum Gasteiger partial charge on any atom is -0.481 e. The van der Waals surface area contributed by atoms with Crippen LogP contribution in [0.15, 0.2) is 35.9 Å². The number of rotatable bonds is 3. The van der Waals surface area contributed by atoms with Crippen LogP contribution in [0.25, 0.3) is 0 Å². The number of halogens is 1. The molecule has 3 N–H and O–H groups in total. The summed E-state index contributed by atoms with van der Waals surface area (Å²) in [6, 6.07) is 6.89. The van der Waals surface area contributed by atoms with Crippen LogP contribution in [0.3, 0.4) is 0 Å². The van der Waals surface area contributed by atoms with Crippen LogP contribution in [-0.2, 0) is 14.3 Å². The highest BCUT2D eigenvalue weighted by Crippen LogP contribution is 2.75. The van der Waals surface area contributed by atoms with Gasteiger partial charge in [0.05, 0.1) is 17.6 Å². The van der Waals surface area contributed by atoms with Crippen molar-refractivity contribution in [3.8, 4) is 0 Å². The molecule has 9 atom stereocenters. The van der Waals surface area contributed by atoms with E-state index in [0.717, 1.165) is 51.4 Å². The normalized spacial score (nSPS) is 41.2. The van der Waals surface area contributed by atoms with E-state index in [2.05, 4.69) is 46.9 Å². The summed E-state index contributed by atoms with van der Waals surface area (Å²) >= 11 is 5.74. The number of carboxylic acids is 1. The summed E-state index contributed by atoms with van der Waals surface area (Å²) < 4.78 is 4.90. The number of amides is 1. The highest BCUT2D eigenvalue weighted by Gasteiger charge is 2.70. The summed E-state index contributed by atoms with van der Waals surface area (Å²) in [4.78, 5) is 37.6. The highest BCUT2D eigenvalue weighted by molar-refractivity contribution is 6.30. The number of carbonyl (C=O) groups excluding carboxylic acids is 2. The van der Waals surface area contributed by atoms with Crippen LogP contribution >= 0.6 is 11.6 Å². The molecule has 4 fully saturated rings. The first-order chi connectivity index (χ1) is 22.1. The second kappa shape index (κ2) is 12.4. The van der Waals surface area contributed by atoms with E-state index in [1.807, 2.05) is 13.0 Å². The Morgan fingerprint density at radius 2 is 1.62 bits per heavy atom. The number of aliphatic carboxylic acids is 1. The van der Waals surface area contributed by atoms with Crippen molar-refractivity contribution in [2.45, 2.75) is 132 Å². The Bertz CT molecular complexity index is 1490. The maximum atomic E-state index is 14.2. The molecule has 4 saturated carbocycles. The van der Waals surface area contributed by atoms with Crippen LogP contribution in [-0.4, -0.2) is 40.3 Å². The largest absolute Gasteiger partial charge is 0.481 e. The van der Waals surface area contributed by atoms with Gasteiger partial charge >= 0.3 is 12.1 Å². The fraction of sp³-hybridized carbons (Fsp3) is 0.725. The van der Waals surface area contributed by atoms with E-state index < -0.39 is 17.5 Å². The van der Waals surface area contributed by atoms with Gasteiger partial charge in [-0.3, -0.25) is 14.9 Å². The van der Waals surface area contributed by atoms with Gasteiger partial charge in [-0.25, -0.2) is 4.79 Å². The van der Waals surface area contributed by atoms with Crippen molar-refractivity contribution >= 4 is 35.1 Å². The molecule has 7 nitrogen and oxygen atoms in total. The van der Waals surface area contributed by atoms with Gasteiger partial charge in [0.1, 0.15) is 0 Å². The number of aliphatic hydroxyl groups excluding tert-OH is 1. The van der Waals surface area contributed by atoms with Gasteiger partial charge in [-0.1, -0.05) is 64.8 Å². The summed E-state index contributed by atoms with van der Waals surface area (Å²) in [7, 11) is 0. The Kier molecular flexibility index (Phi) is 9.56. The summed E-state index contributed by atoms with van der Waals surface area (Å²) in [6.45, 7) is 19.4. The molecule has 0 aromatic heterocycles. The number of nitrogens with one attached hydrogen (secondary N) is 1. The summed E-state index contributed by atoms with van der Waals surface area (Å²) in [5, 5.41) is 24.1. The maximum absolute atomic E-state index is 14.2. The molecule has 0 radical (unpaired) electrons. The molecular formula is C40H58ClNO6. The van der Waals surface area contributed by atoms with E-state index >= 15 is 0 Å². The molecule has 9 unspecified atom stereocenters. The molecule has 1 amide bonds. The number of allylic oxidation sites excluding steroid dienone is 2. The third kappa shape index (κ3) is 5.93. The number of anilines is 1. The first-order valence-electron chi connectivity index (χ1n) is 18.0. The lowest BCUT2D eigenvalue weighted by molar-refractivity contribution is -0.202. The Labute approximate surface area is 292 Å². The molecule has 8 heteroatoms. The molecule has 0 saturated heterocycles. The van der Waals surface area contributed by atoms with E-state index in [9.17, 15) is 24.6 Å². The summed E-state index contributed by atoms with van der Waals surface area (Å²) in [5.41, 5.74) is 0.770. The lowest BCUT2D eigenvalue weighted by Crippen LogP contribution is -2.66. The number of fused-ring (bicyclic) bond motifs is 7. The Hall–Kier alpha value is -2.38. The second-order valence-electron chi connectivity index (χ2n) is 18.0. The van der Waals surface area contributed by atoms with Gasteiger partial charge in [-0.05, 0) is 142 Å². The molecule has 5 aliphatic rings. The molecule has 48 heavy (non-hydrogen) atoms. The van der Waals surface area contributed by atoms with Crippen LogP contribution in [0, 0.1) is 50.2 Å². The fourth-order valence-electron chi connectivity index (χ4n) is 11.3. The van der Waals surface area contributed by atoms with E-state index in [0.29, 0.717) is 23.0 Å². The van der Waals surface area contributed by atoms with Gasteiger partial charge < -0.3 is 14.9 Å². The third-order valence-corrected chi connectivity index (χ3v) is 14.7. The SMILES string of the molecule is CC(C)OC(=O)Nc1cccc(Cl)c1.CC1(C(=O)O)CCC2(C)CCC3(C)C(=CC(=O)C4C5(C)CCC(O)C(C)(C)C5CCC43C)C2C1. The summed E-state index contributed by atoms with van der Waals surface area (Å²) in [6.07, 6.45) is 9.35. The van der Waals surface area contributed by atoms with E-state index in [4.69, 9.17) is 16.3 Å². The van der Waals surface area contributed by atoms with Gasteiger partial charge in [0.15, 0.2) is 5.78 Å². The average molecular weight is 684 g/mol. The van der Waals surface area contributed by atoms with E-state index in [1.54, 1.807) is 38.1 Å². The van der Waals surface area contributed by atoms with Gasteiger partial charge in [0.25, 0.3) is 0 Å². The number of hydrogen-bond acceptors (Lipinski definition) is 5. The molecule has 5 aliphatic carbocycles. The Morgan fingerprint density at radius 1 is 0.958 bits per heavy atom. The number of hydrogen-bond donors (Lipinski definition) is 3. The molecular weight excluding hydrogens is 626 g/mol. The molecule has 0 spiro atoms. The Morgan fingerprint density at radius 3 is 2.25 bits per heavy atom. The van der Waals surface area contributed by atoms with Crippen LogP contribution in [0.4, 0.5) is 10.5 Å². The van der Waals surface area contributed by atoms with Crippen LogP contribution in [0.5, 0.6) is 0 Å². The van der Waals surface area contributed by atoms with Gasteiger partial charge in [-0.2, -0.15) is 0 Å². The first kappa shape index (κ1) is 36.9. The zero-order chi connectivity index (χ0) is 35.7. The smallest absolute Gasteiger partial charge is 0.411 e. The van der Waals surface area contributed by atoms with Crippen molar-refractivity contribution in [2.24, 2.45) is 50.2 Å². The molecule has 1 aromatic carbocycles. The van der Waals surface area contributed by atoms with Crippen molar-refractivity contribution in [1.29, 1.82) is 0 Å². The van der Waals surface area contributed by atoms with Crippen molar-refractivity contribution in [1.82, 2.24) is 0 Å². The van der Waals surface area contributed by atoms with E-state index in [-0.39, 0.29) is 56.9 Å². The number of benzene rings is 1.